The molecular formula is C23H16BrN5OS. The summed E-state index contributed by atoms with van der Waals surface area (Å²) in [7, 11) is 0. The van der Waals surface area contributed by atoms with Crippen LogP contribution in [0.4, 0.5) is 0 Å². The molecule has 1 unspecified atom stereocenters. The number of benzene rings is 2. The van der Waals surface area contributed by atoms with E-state index in [9.17, 15) is 15.3 Å². The second-order valence-corrected chi connectivity index (χ2v) is 8.69. The van der Waals surface area contributed by atoms with E-state index in [1.807, 2.05) is 72.1 Å². The first kappa shape index (κ1) is 20.8. The van der Waals surface area contributed by atoms with Crippen molar-refractivity contribution in [3.63, 3.8) is 0 Å². The van der Waals surface area contributed by atoms with Crippen LogP contribution in [0.1, 0.15) is 22.7 Å². The first-order valence-electron chi connectivity index (χ1n) is 9.41. The van der Waals surface area contributed by atoms with Gasteiger partial charge in [0.05, 0.1) is 17.8 Å². The molecule has 2 aromatic carbocycles. The van der Waals surface area contributed by atoms with Gasteiger partial charge < -0.3 is 0 Å². The largest absolute Gasteiger partial charge is 0.293 e. The summed E-state index contributed by atoms with van der Waals surface area (Å²) in [5.41, 5.74) is 3.15. The van der Waals surface area contributed by atoms with E-state index in [2.05, 4.69) is 26.0 Å². The summed E-state index contributed by atoms with van der Waals surface area (Å²) in [4.78, 5) is 18.0. The number of nitriles is 2. The Morgan fingerprint density at radius 2 is 1.77 bits per heavy atom. The lowest BCUT2D eigenvalue weighted by molar-refractivity contribution is 0.699. The van der Waals surface area contributed by atoms with E-state index in [0.29, 0.717) is 16.4 Å². The van der Waals surface area contributed by atoms with Crippen LogP contribution in [-0.4, -0.2) is 14.8 Å². The molecule has 6 nitrogen and oxygen atoms in total. The quantitative estimate of drug-likeness (QED) is 0.418. The van der Waals surface area contributed by atoms with Gasteiger partial charge in [-0.25, -0.2) is 4.98 Å². The van der Waals surface area contributed by atoms with Crippen LogP contribution in [0.15, 0.2) is 69.2 Å². The fourth-order valence-electron chi connectivity index (χ4n) is 3.54. The fraction of sp³-hybridized carbons (Fsp3) is 0.130. The van der Waals surface area contributed by atoms with Crippen LogP contribution in [0.2, 0.25) is 0 Å². The highest BCUT2D eigenvalue weighted by Crippen LogP contribution is 2.33. The fourth-order valence-corrected chi connectivity index (χ4v) is 4.60. The summed E-state index contributed by atoms with van der Waals surface area (Å²) >= 11 is 4.75. The number of thiazole rings is 1. The number of hydrogen-bond acceptors (Lipinski definition) is 5. The van der Waals surface area contributed by atoms with E-state index in [1.54, 1.807) is 6.92 Å². The number of halogens is 1. The minimum Gasteiger partial charge on any atom is -0.293 e. The van der Waals surface area contributed by atoms with E-state index in [-0.39, 0.29) is 5.56 Å². The molecule has 152 valence electrons. The van der Waals surface area contributed by atoms with Gasteiger partial charge in [-0.2, -0.15) is 15.2 Å². The molecule has 4 aromatic rings. The number of hydrogen-bond donors (Lipinski definition) is 1. The zero-order valence-electron chi connectivity index (χ0n) is 16.4. The van der Waals surface area contributed by atoms with Crippen LogP contribution in [0.3, 0.4) is 0 Å². The molecule has 2 heterocycles. The van der Waals surface area contributed by atoms with E-state index < -0.39 is 11.8 Å². The van der Waals surface area contributed by atoms with E-state index in [1.165, 1.54) is 16.0 Å². The third kappa shape index (κ3) is 3.96. The lowest BCUT2D eigenvalue weighted by Crippen LogP contribution is -2.23. The van der Waals surface area contributed by atoms with Crippen molar-refractivity contribution in [2.45, 2.75) is 12.8 Å². The van der Waals surface area contributed by atoms with Gasteiger partial charge in [0.2, 0.25) is 5.13 Å². The molecule has 0 bridgehead atoms. The maximum Gasteiger partial charge on any atom is 0.277 e. The summed E-state index contributed by atoms with van der Waals surface area (Å²) in [6.45, 7) is 1.77. The lowest BCUT2D eigenvalue weighted by atomic mass is 9.82. The lowest BCUT2D eigenvalue weighted by Gasteiger charge is -2.17. The van der Waals surface area contributed by atoms with Crippen molar-refractivity contribution in [2.24, 2.45) is 5.92 Å². The Balaban J connectivity index is 1.82. The third-order valence-corrected chi connectivity index (χ3v) is 6.38. The Bertz CT molecular complexity index is 1340. The molecule has 0 fully saturated rings. The molecule has 31 heavy (non-hydrogen) atoms. The zero-order chi connectivity index (χ0) is 22.0. The average molecular weight is 490 g/mol. The Labute approximate surface area is 191 Å². The molecule has 1 atom stereocenters. The van der Waals surface area contributed by atoms with Crippen LogP contribution in [0.5, 0.6) is 0 Å². The highest BCUT2D eigenvalue weighted by Gasteiger charge is 2.31. The number of nitrogens with one attached hydrogen (secondary N) is 1. The van der Waals surface area contributed by atoms with Crippen LogP contribution in [0.25, 0.3) is 16.4 Å². The molecule has 0 aliphatic carbocycles. The average Bonchev–Trinajstić information content (AvgIpc) is 3.38. The number of aromatic amines is 1. The molecule has 0 spiro atoms. The van der Waals surface area contributed by atoms with Gasteiger partial charge in [0.25, 0.3) is 5.56 Å². The van der Waals surface area contributed by atoms with E-state index in [0.717, 1.165) is 21.3 Å². The van der Waals surface area contributed by atoms with Gasteiger partial charge >= 0.3 is 0 Å². The molecule has 1 N–H and O–H groups in total. The minimum atomic E-state index is -1.01. The smallest absolute Gasteiger partial charge is 0.277 e. The first-order chi connectivity index (χ1) is 15.0. The molecule has 2 aromatic heterocycles. The van der Waals surface area contributed by atoms with Crippen molar-refractivity contribution in [1.82, 2.24) is 14.8 Å². The third-order valence-electron chi connectivity index (χ3n) is 5.02. The SMILES string of the molecule is Cc1[nH]n(-c2nc(-c3ccccc3)cs2)c(=O)c1C(c1ccc(Br)cc1)C(C#N)C#N. The van der Waals surface area contributed by atoms with Gasteiger partial charge in [-0.3, -0.25) is 9.89 Å². The topological polar surface area (TPSA) is 98.3 Å². The van der Waals surface area contributed by atoms with Crippen LogP contribution < -0.4 is 5.56 Å². The second kappa shape index (κ2) is 8.73. The van der Waals surface area contributed by atoms with Gasteiger partial charge in [0.1, 0.15) is 5.92 Å². The maximum absolute atomic E-state index is 13.4. The van der Waals surface area contributed by atoms with Gasteiger partial charge in [-0.05, 0) is 24.6 Å². The van der Waals surface area contributed by atoms with E-state index >= 15 is 0 Å². The van der Waals surface area contributed by atoms with Gasteiger partial charge in [0, 0.05) is 32.6 Å². The highest BCUT2D eigenvalue weighted by molar-refractivity contribution is 9.10. The number of aryl methyl sites for hydroxylation is 1. The van der Waals surface area contributed by atoms with Crippen molar-refractivity contribution in [2.75, 3.05) is 0 Å². The Kier molecular flexibility index (Phi) is 5.85. The number of H-pyrrole nitrogens is 1. The molecule has 0 radical (unpaired) electrons. The molecule has 0 aliphatic heterocycles. The molecular weight excluding hydrogens is 474 g/mol. The summed E-state index contributed by atoms with van der Waals surface area (Å²) in [5, 5.41) is 24.7. The van der Waals surface area contributed by atoms with E-state index in [4.69, 9.17) is 0 Å². The normalized spacial score (nSPS) is 11.8. The standard InChI is InChI=1S/C23H16BrN5OS/c1-14-20(21(17(11-25)12-26)16-7-9-18(24)10-8-16)22(30)29(28-14)23-27-19(13-31-23)15-5-3-2-4-6-15/h2-10,13,17,21,28H,1H3. The van der Waals surface area contributed by atoms with Crippen LogP contribution in [0, 0.1) is 35.5 Å². The predicted octanol–water partition coefficient (Wildman–Crippen LogP) is 5.16. The Morgan fingerprint density at radius 3 is 2.42 bits per heavy atom. The van der Waals surface area contributed by atoms with Crippen LogP contribution in [-0.2, 0) is 0 Å². The molecule has 0 saturated heterocycles. The number of nitrogens with zero attached hydrogens (tertiary/aromatic N) is 4. The Hall–Kier alpha value is -3.46. The molecule has 0 amide bonds. The summed E-state index contributed by atoms with van der Waals surface area (Å²) in [5.74, 6) is -1.69. The van der Waals surface area contributed by atoms with Gasteiger partial charge in [0.15, 0.2) is 0 Å². The minimum absolute atomic E-state index is 0.310. The van der Waals surface area contributed by atoms with Crippen molar-refractivity contribution >= 4 is 27.3 Å². The van der Waals surface area contributed by atoms with Crippen molar-refractivity contribution in [3.8, 4) is 28.5 Å². The number of rotatable bonds is 5. The highest BCUT2D eigenvalue weighted by atomic mass is 79.9. The zero-order valence-corrected chi connectivity index (χ0v) is 18.8. The predicted molar refractivity (Wildman–Crippen MR) is 123 cm³/mol. The monoisotopic (exact) mass is 489 g/mol. The van der Waals surface area contributed by atoms with Crippen molar-refractivity contribution in [1.29, 1.82) is 10.5 Å². The number of aromatic nitrogens is 3. The molecule has 8 heteroatoms. The molecule has 0 saturated carbocycles. The second-order valence-electron chi connectivity index (χ2n) is 6.94. The molecule has 4 rings (SSSR count). The van der Waals surface area contributed by atoms with Crippen LogP contribution >= 0.6 is 27.3 Å². The summed E-state index contributed by atoms with van der Waals surface area (Å²) in [6, 6.07) is 21.1. The van der Waals surface area contributed by atoms with Crippen molar-refractivity contribution < 1.29 is 0 Å². The Morgan fingerprint density at radius 1 is 1.10 bits per heavy atom. The van der Waals surface area contributed by atoms with Crippen molar-refractivity contribution in [3.05, 3.63) is 91.6 Å². The summed E-state index contributed by atoms with van der Waals surface area (Å²) in [6.07, 6.45) is 0. The first-order valence-corrected chi connectivity index (χ1v) is 11.1. The molecule has 0 aliphatic rings. The van der Waals surface area contributed by atoms with Gasteiger partial charge in [-0.1, -0.05) is 58.4 Å². The summed E-state index contributed by atoms with van der Waals surface area (Å²) < 4.78 is 2.26. The van der Waals surface area contributed by atoms with Gasteiger partial charge in [-0.15, -0.1) is 11.3 Å². The maximum atomic E-state index is 13.4.